The van der Waals surface area contributed by atoms with Crippen molar-refractivity contribution in [1.29, 1.82) is 0 Å². The minimum Gasteiger partial charge on any atom is -0.402 e. The van der Waals surface area contributed by atoms with E-state index in [0.717, 1.165) is 38.5 Å². The Bertz CT molecular complexity index is 1070. The molecular formula is C23H28F3N5O2. The maximum Gasteiger partial charge on any atom is 0.573 e. The van der Waals surface area contributed by atoms with Crippen LogP contribution in [0.1, 0.15) is 38.4 Å². The first kappa shape index (κ1) is 21.2. The Labute approximate surface area is 190 Å². The maximum atomic E-state index is 12.8. The van der Waals surface area contributed by atoms with Gasteiger partial charge >= 0.3 is 6.36 Å². The Morgan fingerprint density at radius 1 is 1.24 bits per heavy atom. The number of ether oxygens (including phenoxy) is 2. The van der Waals surface area contributed by atoms with E-state index >= 15 is 0 Å². The summed E-state index contributed by atoms with van der Waals surface area (Å²) >= 11 is 0. The van der Waals surface area contributed by atoms with Crippen LogP contribution < -0.4 is 10.5 Å². The fourth-order valence-electron chi connectivity index (χ4n) is 6.64. The zero-order valence-electron chi connectivity index (χ0n) is 18.7. The number of aromatic nitrogens is 3. The van der Waals surface area contributed by atoms with Crippen molar-refractivity contribution in [3.8, 4) is 17.0 Å². The molecule has 1 aliphatic heterocycles. The first-order valence-corrected chi connectivity index (χ1v) is 11.6. The van der Waals surface area contributed by atoms with E-state index in [0.29, 0.717) is 35.1 Å². The van der Waals surface area contributed by atoms with E-state index in [4.69, 9.17) is 15.5 Å². The largest absolute Gasteiger partial charge is 0.573 e. The second-order valence-electron chi connectivity index (χ2n) is 10.0. The topological polar surface area (TPSA) is 78.4 Å². The predicted molar refractivity (Wildman–Crippen MR) is 115 cm³/mol. The molecule has 2 aromatic heterocycles. The van der Waals surface area contributed by atoms with Crippen LogP contribution in [0, 0.1) is 17.8 Å². The number of alkyl halides is 3. The lowest BCUT2D eigenvalue weighted by Gasteiger charge is -2.27. The Balaban J connectivity index is 1.31. The highest BCUT2D eigenvalue weighted by Crippen LogP contribution is 2.89. The second kappa shape index (κ2) is 7.09. The summed E-state index contributed by atoms with van der Waals surface area (Å²) in [7, 11) is 0. The molecule has 5 aliphatic rings. The van der Waals surface area contributed by atoms with Crippen molar-refractivity contribution in [2.75, 3.05) is 32.0 Å². The molecule has 5 fully saturated rings. The molecule has 0 radical (unpaired) electrons. The molecule has 2 N–H and O–H groups in total. The van der Waals surface area contributed by atoms with Gasteiger partial charge in [-0.3, -0.25) is 4.90 Å². The van der Waals surface area contributed by atoms with Gasteiger partial charge in [0.2, 0.25) is 0 Å². The van der Waals surface area contributed by atoms with E-state index in [2.05, 4.69) is 33.0 Å². The van der Waals surface area contributed by atoms with Gasteiger partial charge in [-0.2, -0.15) is 0 Å². The van der Waals surface area contributed by atoms with Crippen molar-refractivity contribution in [2.24, 2.45) is 17.8 Å². The van der Waals surface area contributed by atoms with Crippen molar-refractivity contribution < 1.29 is 22.6 Å². The van der Waals surface area contributed by atoms with Crippen LogP contribution in [0.2, 0.25) is 0 Å². The molecule has 0 spiro atoms. The summed E-state index contributed by atoms with van der Waals surface area (Å²) in [6, 6.07) is 1.86. The molecule has 7 nitrogen and oxygen atoms in total. The first-order valence-electron chi connectivity index (χ1n) is 11.6. The number of fused-ring (bicyclic) bond motifs is 1. The van der Waals surface area contributed by atoms with E-state index in [-0.39, 0.29) is 17.3 Å². The SMILES string of the molecule is CC(C)c1nc(-c2cnc(N)c(OC(F)(F)F)c2)cn1[C@]12C3C(N4CCCOCC4)C[C@@H]1[C@H]32. The number of rotatable bonds is 5. The fraction of sp³-hybridized carbons (Fsp3) is 0.652. The van der Waals surface area contributed by atoms with Crippen molar-refractivity contribution in [3.63, 3.8) is 0 Å². The minimum atomic E-state index is -4.84. The van der Waals surface area contributed by atoms with E-state index < -0.39 is 12.1 Å². The predicted octanol–water partition coefficient (Wildman–Crippen LogP) is 3.62. The van der Waals surface area contributed by atoms with E-state index in [1.54, 1.807) is 0 Å². The van der Waals surface area contributed by atoms with Crippen LogP contribution >= 0.6 is 0 Å². The van der Waals surface area contributed by atoms with Gasteiger partial charge in [-0.1, -0.05) is 13.8 Å². The maximum absolute atomic E-state index is 12.8. The van der Waals surface area contributed by atoms with Crippen molar-refractivity contribution in [3.05, 3.63) is 24.3 Å². The molecule has 0 aromatic carbocycles. The Kier molecular flexibility index (Phi) is 4.56. The highest BCUT2D eigenvalue weighted by molar-refractivity contribution is 5.64. The summed E-state index contributed by atoms with van der Waals surface area (Å²) < 4.78 is 50.4. The van der Waals surface area contributed by atoms with Gasteiger partial charge in [0.1, 0.15) is 5.82 Å². The van der Waals surface area contributed by atoms with E-state index in [1.807, 2.05) is 6.20 Å². The normalized spacial score (nSPS) is 33.2. The number of pyridine rings is 1. The van der Waals surface area contributed by atoms with Gasteiger partial charge in [0.25, 0.3) is 0 Å². The average Bonchev–Trinajstić information content (AvgIpc) is 3.40. The lowest BCUT2D eigenvalue weighted by atomic mass is 10.1. The summed E-state index contributed by atoms with van der Waals surface area (Å²) in [5, 5.41) is 0. The number of anilines is 1. The third-order valence-corrected chi connectivity index (χ3v) is 7.97. The average molecular weight is 464 g/mol. The summed E-state index contributed by atoms with van der Waals surface area (Å²) in [6.07, 6.45) is 0.898. The molecular weight excluding hydrogens is 435 g/mol. The van der Waals surface area contributed by atoms with Crippen molar-refractivity contribution in [1.82, 2.24) is 19.4 Å². The monoisotopic (exact) mass is 463 g/mol. The molecule has 2 unspecified atom stereocenters. The van der Waals surface area contributed by atoms with E-state index in [9.17, 15) is 13.2 Å². The Hall–Kier alpha value is -2.33. The second-order valence-corrected chi connectivity index (χ2v) is 10.0. The number of halogens is 3. The molecule has 178 valence electrons. The third kappa shape index (κ3) is 3.17. The van der Waals surface area contributed by atoms with Gasteiger partial charge < -0.3 is 19.8 Å². The molecule has 3 heterocycles. The first-order chi connectivity index (χ1) is 15.7. The highest BCUT2D eigenvalue weighted by atomic mass is 19.4. The quantitative estimate of drug-likeness (QED) is 0.730. The van der Waals surface area contributed by atoms with Crippen LogP contribution in [0.3, 0.4) is 0 Å². The van der Waals surface area contributed by atoms with Crippen LogP contribution in [0.5, 0.6) is 5.75 Å². The van der Waals surface area contributed by atoms with Gasteiger partial charge in [-0.25, -0.2) is 9.97 Å². The zero-order chi connectivity index (χ0) is 23.1. The van der Waals surface area contributed by atoms with Crippen LogP contribution in [0.25, 0.3) is 11.3 Å². The molecule has 1 saturated heterocycles. The summed E-state index contributed by atoms with van der Waals surface area (Å²) in [4.78, 5) is 11.4. The molecule has 33 heavy (non-hydrogen) atoms. The van der Waals surface area contributed by atoms with E-state index in [1.165, 1.54) is 18.7 Å². The summed E-state index contributed by atoms with van der Waals surface area (Å²) in [5.74, 6) is 2.31. The smallest absolute Gasteiger partial charge is 0.402 e. The number of hydrogen-bond acceptors (Lipinski definition) is 6. The van der Waals surface area contributed by atoms with Crippen LogP contribution in [-0.4, -0.2) is 58.1 Å². The molecule has 5 atom stereocenters. The van der Waals surface area contributed by atoms with Crippen LogP contribution in [-0.2, 0) is 10.3 Å². The Morgan fingerprint density at radius 3 is 2.79 bits per heavy atom. The molecule has 2 bridgehead atoms. The lowest BCUT2D eigenvalue weighted by Crippen LogP contribution is -2.37. The lowest BCUT2D eigenvalue weighted by molar-refractivity contribution is -0.274. The third-order valence-electron chi connectivity index (χ3n) is 7.97. The number of nitrogen functional groups attached to an aromatic ring is 1. The van der Waals surface area contributed by atoms with Gasteiger partial charge in [-0.15, -0.1) is 13.2 Å². The molecule has 4 saturated carbocycles. The zero-order valence-corrected chi connectivity index (χ0v) is 18.7. The Morgan fingerprint density at radius 2 is 2.06 bits per heavy atom. The molecule has 10 heteroatoms. The number of imidazole rings is 1. The molecule has 2 aromatic rings. The molecule has 7 rings (SSSR count). The number of nitrogens with zero attached hydrogens (tertiary/aromatic N) is 4. The van der Waals surface area contributed by atoms with Crippen molar-refractivity contribution >= 4 is 5.82 Å². The van der Waals surface area contributed by atoms with Crippen LogP contribution in [0.4, 0.5) is 19.0 Å². The fourth-order valence-corrected chi connectivity index (χ4v) is 6.64. The number of nitrogens with two attached hydrogens (primary N) is 1. The van der Waals surface area contributed by atoms with Gasteiger partial charge in [0.05, 0.1) is 17.8 Å². The van der Waals surface area contributed by atoms with Gasteiger partial charge in [0, 0.05) is 55.5 Å². The molecule has 4 aliphatic carbocycles. The standard InChI is InChI=1S/C23H28F3N5O2/c1-12(2)21-29-15(13-8-17(20(27)28-10-13)33-23(24,25)26)11-31(21)22-14-9-16(19(22)18(14)22)30-4-3-6-32-7-5-30/h8,10-12,14,16,18-19H,3-7,9H2,1-2H3,(H2,27,28)/t14-,16?,18-,19?,22-/m1/s1. The van der Waals surface area contributed by atoms with Crippen molar-refractivity contribution in [2.45, 2.75) is 50.6 Å². The summed E-state index contributed by atoms with van der Waals surface area (Å²) in [5.41, 5.74) is 6.80. The molecule has 0 amide bonds. The van der Waals surface area contributed by atoms with Gasteiger partial charge in [0.15, 0.2) is 11.6 Å². The minimum absolute atomic E-state index is 0.120. The van der Waals surface area contributed by atoms with Crippen LogP contribution in [0.15, 0.2) is 18.5 Å². The summed E-state index contributed by atoms with van der Waals surface area (Å²) in [6.45, 7) is 7.91. The highest BCUT2D eigenvalue weighted by Gasteiger charge is 2.93. The number of hydrogen-bond donors (Lipinski definition) is 1. The van der Waals surface area contributed by atoms with Gasteiger partial charge in [-0.05, 0) is 30.7 Å².